The van der Waals surface area contributed by atoms with Crippen LogP contribution in [0.15, 0.2) is 36.0 Å². The number of fused-ring (bicyclic) bond motifs is 2. The van der Waals surface area contributed by atoms with Gasteiger partial charge in [0.25, 0.3) is 0 Å². The lowest BCUT2D eigenvalue weighted by molar-refractivity contribution is 0.104. The monoisotopic (exact) mass is 407 g/mol. The molecule has 0 spiro atoms. The SMILES string of the molecule is CCOC(=O)N1CCC(=C2c3ccc(Cl)cc3CCc3cc(C#N)cnc32)CC1. The lowest BCUT2D eigenvalue weighted by atomic mass is 9.88. The maximum absolute atomic E-state index is 12.1. The highest BCUT2D eigenvalue weighted by atomic mass is 35.5. The summed E-state index contributed by atoms with van der Waals surface area (Å²) < 4.78 is 5.15. The van der Waals surface area contributed by atoms with E-state index >= 15 is 0 Å². The summed E-state index contributed by atoms with van der Waals surface area (Å²) >= 11 is 6.27. The van der Waals surface area contributed by atoms with Crippen LogP contribution in [-0.2, 0) is 17.6 Å². The molecule has 1 aromatic carbocycles. The minimum absolute atomic E-state index is 0.248. The summed E-state index contributed by atoms with van der Waals surface area (Å²) in [4.78, 5) is 18.5. The number of halogens is 1. The van der Waals surface area contributed by atoms with E-state index in [9.17, 15) is 10.1 Å². The third-order valence-electron chi connectivity index (χ3n) is 5.58. The van der Waals surface area contributed by atoms with Gasteiger partial charge in [-0.05, 0) is 67.5 Å². The van der Waals surface area contributed by atoms with E-state index in [4.69, 9.17) is 21.3 Å². The lowest BCUT2D eigenvalue weighted by Gasteiger charge is -2.29. The van der Waals surface area contributed by atoms with Crippen LogP contribution in [0.3, 0.4) is 0 Å². The predicted molar refractivity (Wildman–Crippen MR) is 112 cm³/mol. The first-order valence-electron chi connectivity index (χ1n) is 9.92. The molecule has 1 amide bonds. The van der Waals surface area contributed by atoms with Crippen molar-refractivity contribution in [1.82, 2.24) is 9.88 Å². The fourth-order valence-corrected chi connectivity index (χ4v) is 4.37. The zero-order valence-electron chi connectivity index (χ0n) is 16.4. The van der Waals surface area contributed by atoms with E-state index in [0.717, 1.165) is 53.1 Å². The maximum Gasteiger partial charge on any atom is 0.409 e. The third-order valence-corrected chi connectivity index (χ3v) is 5.81. The Bertz CT molecular complexity index is 1030. The fraction of sp³-hybridized carbons (Fsp3) is 0.348. The molecule has 0 radical (unpaired) electrons. The first-order valence-corrected chi connectivity index (χ1v) is 10.3. The average Bonchev–Trinajstić information content (AvgIpc) is 2.90. The number of carbonyl (C=O) groups excluding carboxylic acids is 1. The molecule has 2 heterocycles. The molecule has 5 nitrogen and oxygen atoms in total. The van der Waals surface area contributed by atoms with Crippen LogP contribution in [0.25, 0.3) is 5.57 Å². The molecule has 0 atom stereocenters. The number of ether oxygens (including phenoxy) is 1. The molecule has 6 heteroatoms. The van der Waals surface area contributed by atoms with Gasteiger partial charge in [0.1, 0.15) is 6.07 Å². The van der Waals surface area contributed by atoms with Crippen molar-refractivity contribution < 1.29 is 9.53 Å². The highest BCUT2D eigenvalue weighted by Crippen LogP contribution is 2.38. The smallest absolute Gasteiger partial charge is 0.409 e. The number of aryl methyl sites for hydroxylation is 2. The predicted octanol–water partition coefficient (Wildman–Crippen LogP) is 4.76. The second-order valence-corrected chi connectivity index (χ2v) is 7.75. The van der Waals surface area contributed by atoms with Gasteiger partial charge >= 0.3 is 6.09 Å². The number of nitrogens with zero attached hydrogens (tertiary/aromatic N) is 3. The number of hydrogen-bond acceptors (Lipinski definition) is 4. The summed E-state index contributed by atoms with van der Waals surface area (Å²) in [6.07, 6.45) is 4.62. The first kappa shape index (κ1) is 19.5. The molecule has 29 heavy (non-hydrogen) atoms. The standard InChI is InChI=1S/C23H22ClN3O2/c1-2-29-23(28)27-9-7-16(8-10-27)21-20-6-5-19(24)12-17(20)3-4-18-11-15(13-25)14-26-22(18)21/h5-6,11-12,14H,2-4,7-10H2,1H3. The highest BCUT2D eigenvalue weighted by Gasteiger charge is 2.27. The summed E-state index contributed by atoms with van der Waals surface area (Å²) in [6, 6.07) is 10.2. The summed E-state index contributed by atoms with van der Waals surface area (Å²) in [5, 5.41) is 10.0. The maximum atomic E-state index is 12.1. The van der Waals surface area contributed by atoms with Crippen molar-refractivity contribution in [2.45, 2.75) is 32.6 Å². The molecule has 0 N–H and O–H groups in total. The number of aromatic nitrogens is 1. The summed E-state index contributed by atoms with van der Waals surface area (Å²) in [5.74, 6) is 0. The van der Waals surface area contributed by atoms with Crippen LogP contribution in [0.4, 0.5) is 4.79 Å². The number of pyridine rings is 1. The van der Waals surface area contributed by atoms with E-state index in [2.05, 4.69) is 12.1 Å². The molecular formula is C23H22ClN3O2. The number of nitriles is 1. The minimum Gasteiger partial charge on any atom is -0.450 e. The number of carbonyl (C=O) groups is 1. The van der Waals surface area contributed by atoms with Gasteiger partial charge in [-0.1, -0.05) is 23.2 Å². The highest BCUT2D eigenvalue weighted by molar-refractivity contribution is 6.30. The van der Waals surface area contributed by atoms with Gasteiger partial charge in [-0.25, -0.2) is 4.79 Å². The van der Waals surface area contributed by atoms with Crippen LogP contribution in [0.2, 0.25) is 5.02 Å². The van der Waals surface area contributed by atoms with Crippen LogP contribution in [0.5, 0.6) is 0 Å². The summed E-state index contributed by atoms with van der Waals surface area (Å²) in [7, 11) is 0. The van der Waals surface area contributed by atoms with E-state index in [1.807, 2.05) is 25.1 Å². The molecule has 1 aliphatic carbocycles. The number of benzene rings is 1. The Morgan fingerprint density at radius 2 is 1.97 bits per heavy atom. The van der Waals surface area contributed by atoms with Gasteiger partial charge in [0.05, 0.1) is 17.9 Å². The number of piperidine rings is 1. The van der Waals surface area contributed by atoms with Gasteiger partial charge in [0.15, 0.2) is 0 Å². The van der Waals surface area contributed by atoms with Gasteiger partial charge in [-0.2, -0.15) is 5.26 Å². The van der Waals surface area contributed by atoms with Crippen molar-refractivity contribution in [2.75, 3.05) is 19.7 Å². The molecule has 0 saturated carbocycles. The Morgan fingerprint density at radius 3 is 2.69 bits per heavy atom. The van der Waals surface area contributed by atoms with Crippen molar-refractivity contribution >= 4 is 23.3 Å². The van der Waals surface area contributed by atoms with Crippen molar-refractivity contribution in [3.8, 4) is 6.07 Å². The molecule has 1 saturated heterocycles. The molecular weight excluding hydrogens is 386 g/mol. The number of amides is 1. The lowest BCUT2D eigenvalue weighted by Crippen LogP contribution is -2.37. The Labute approximate surface area is 175 Å². The zero-order valence-corrected chi connectivity index (χ0v) is 17.1. The van der Waals surface area contributed by atoms with Crippen LogP contribution in [-0.4, -0.2) is 35.7 Å². The summed E-state index contributed by atoms with van der Waals surface area (Å²) in [5.41, 5.74) is 7.39. The second kappa shape index (κ2) is 8.26. The van der Waals surface area contributed by atoms with Gasteiger partial charge in [0, 0.05) is 29.9 Å². The molecule has 148 valence electrons. The number of rotatable bonds is 1. The normalized spacial score (nSPS) is 15.8. The Balaban J connectivity index is 1.79. The molecule has 0 bridgehead atoms. The van der Waals surface area contributed by atoms with Crippen LogP contribution < -0.4 is 0 Å². The molecule has 1 fully saturated rings. The fourth-order valence-electron chi connectivity index (χ4n) is 4.18. The second-order valence-electron chi connectivity index (χ2n) is 7.31. The Morgan fingerprint density at radius 1 is 1.21 bits per heavy atom. The van der Waals surface area contributed by atoms with E-state index < -0.39 is 0 Å². The molecule has 2 aromatic rings. The van der Waals surface area contributed by atoms with Crippen LogP contribution in [0.1, 0.15) is 47.7 Å². The molecule has 1 aromatic heterocycles. The Kier molecular flexibility index (Phi) is 5.55. The first-order chi connectivity index (χ1) is 14.1. The van der Waals surface area contributed by atoms with Crippen molar-refractivity contribution in [3.05, 3.63) is 69.0 Å². The number of likely N-dealkylation sites (tertiary alicyclic amines) is 1. The van der Waals surface area contributed by atoms with Crippen molar-refractivity contribution in [3.63, 3.8) is 0 Å². The van der Waals surface area contributed by atoms with E-state index in [1.165, 1.54) is 11.1 Å². The van der Waals surface area contributed by atoms with Crippen LogP contribution in [0, 0.1) is 11.3 Å². The van der Waals surface area contributed by atoms with E-state index in [0.29, 0.717) is 25.3 Å². The van der Waals surface area contributed by atoms with Crippen molar-refractivity contribution in [2.24, 2.45) is 0 Å². The topological polar surface area (TPSA) is 66.2 Å². The van der Waals surface area contributed by atoms with Gasteiger partial charge in [0.2, 0.25) is 0 Å². The largest absolute Gasteiger partial charge is 0.450 e. The molecule has 0 unspecified atom stereocenters. The van der Waals surface area contributed by atoms with Gasteiger partial charge in [-0.3, -0.25) is 4.98 Å². The van der Waals surface area contributed by atoms with Crippen molar-refractivity contribution in [1.29, 1.82) is 5.26 Å². The molecule has 1 aliphatic heterocycles. The van der Waals surface area contributed by atoms with Gasteiger partial charge < -0.3 is 9.64 Å². The third kappa shape index (κ3) is 3.86. The summed E-state index contributed by atoms with van der Waals surface area (Å²) in [6.45, 7) is 3.47. The van der Waals surface area contributed by atoms with Gasteiger partial charge in [-0.15, -0.1) is 0 Å². The van der Waals surface area contributed by atoms with Crippen LogP contribution >= 0.6 is 11.6 Å². The zero-order chi connectivity index (χ0) is 20.4. The number of hydrogen-bond donors (Lipinski definition) is 0. The minimum atomic E-state index is -0.248. The quantitative estimate of drug-likeness (QED) is 0.683. The molecule has 4 rings (SSSR count). The Hall–Kier alpha value is -2.84. The van der Waals surface area contributed by atoms with E-state index in [1.54, 1.807) is 11.1 Å². The average molecular weight is 408 g/mol. The van der Waals surface area contributed by atoms with E-state index in [-0.39, 0.29) is 6.09 Å². The molecule has 2 aliphatic rings.